The van der Waals surface area contributed by atoms with E-state index in [0.717, 1.165) is 5.56 Å². The Labute approximate surface area is 160 Å². The number of rotatable bonds is 4. The van der Waals surface area contributed by atoms with Gasteiger partial charge in [-0.15, -0.1) is 0 Å². The normalized spacial score (nSPS) is 17.6. The fourth-order valence-electron chi connectivity index (χ4n) is 3.18. The van der Waals surface area contributed by atoms with Gasteiger partial charge in [-0.2, -0.15) is 0 Å². The molecule has 6 nitrogen and oxygen atoms in total. The Balaban J connectivity index is 1.74. The number of amides is 1. The van der Waals surface area contributed by atoms with Crippen molar-refractivity contribution in [3.8, 4) is 0 Å². The number of nitrogens with one attached hydrogen (secondary N) is 1. The van der Waals surface area contributed by atoms with Gasteiger partial charge in [0.05, 0.1) is 17.6 Å². The van der Waals surface area contributed by atoms with E-state index in [0.29, 0.717) is 36.5 Å². The Morgan fingerprint density at radius 1 is 1.15 bits per heavy atom. The van der Waals surface area contributed by atoms with Gasteiger partial charge >= 0.3 is 0 Å². The molecule has 1 N–H and O–H groups in total. The standard InChI is InChI=1S/C20H24N2O4S/c1-14-4-9-19(15(2)12-14)27(24,25)21-18-7-5-17(6-8-18)20(23)22-10-11-26-16(3)13-22/h4-9,12,16,21H,10-11,13H2,1-3H3. The summed E-state index contributed by atoms with van der Waals surface area (Å²) in [5.41, 5.74) is 2.64. The topological polar surface area (TPSA) is 75.7 Å². The number of ether oxygens (including phenoxy) is 1. The predicted molar refractivity (Wildman–Crippen MR) is 104 cm³/mol. The van der Waals surface area contributed by atoms with Crippen molar-refractivity contribution in [3.05, 3.63) is 59.2 Å². The highest BCUT2D eigenvalue weighted by molar-refractivity contribution is 7.92. The molecule has 0 bridgehead atoms. The highest BCUT2D eigenvalue weighted by Gasteiger charge is 2.23. The van der Waals surface area contributed by atoms with Crippen LogP contribution in [0.1, 0.15) is 28.4 Å². The van der Waals surface area contributed by atoms with E-state index in [4.69, 9.17) is 4.74 Å². The van der Waals surface area contributed by atoms with Crippen molar-refractivity contribution in [2.75, 3.05) is 24.4 Å². The van der Waals surface area contributed by atoms with Gasteiger partial charge in [0.1, 0.15) is 0 Å². The Bertz CT molecular complexity index is 939. The van der Waals surface area contributed by atoms with Crippen molar-refractivity contribution in [3.63, 3.8) is 0 Å². The first-order chi connectivity index (χ1) is 12.8. The summed E-state index contributed by atoms with van der Waals surface area (Å²) >= 11 is 0. The molecule has 0 saturated carbocycles. The Morgan fingerprint density at radius 3 is 2.48 bits per heavy atom. The summed E-state index contributed by atoms with van der Waals surface area (Å²) in [6, 6.07) is 11.7. The Hall–Kier alpha value is -2.38. The van der Waals surface area contributed by atoms with Crippen LogP contribution in [-0.4, -0.2) is 45.0 Å². The lowest BCUT2D eigenvalue weighted by Crippen LogP contribution is -2.44. The minimum absolute atomic E-state index is 0.0199. The van der Waals surface area contributed by atoms with Crippen LogP contribution in [0.15, 0.2) is 47.4 Å². The second-order valence-corrected chi connectivity index (χ2v) is 8.54. The highest BCUT2D eigenvalue weighted by Crippen LogP contribution is 2.21. The molecule has 1 aliphatic heterocycles. The van der Waals surface area contributed by atoms with E-state index in [1.54, 1.807) is 48.2 Å². The number of anilines is 1. The molecule has 1 fully saturated rings. The molecule has 2 aromatic rings. The number of hydrogen-bond acceptors (Lipinski definition) is 4. The van der Waals surface area contributed by atoms with Gasteiger partial charge in [-0.1, -0.05) is 17.7 Å². The fraction of sp³-hybridized carbons (Fsp3) is 0.350. The van der Waals surface area contributed by atoms with Crippen molar-refractivity contribution in [2.24, 2.45) is 0 Å². The van der Waals surface area contributed by atoms with Crippen LogP contribution in [0, 0.1) is 13.8 Å². The molecule has 27 heavy (non-hydrogen) atoms. The molecule has 1 amide bonds. The average Bonchev–Trinajstić information content (AvgIpc) is 2.61. The Kier molecular flexibility index (Phi) is 5.53. The monoisotopic (exact) mass is 388 g/mol. The third kappa shape index (κ3) is 4.48. The van der Waals surface area contributed by atoms with E-state index in [1.165, 1.54) is 0 Å². The summed E-state index contributed by atoms with van der Waals surface area (Å²) in [7, 11) is -3.68. The molecule has 2 aromatic carbocycles. The lowest BCUT2D eigenvalue weighted by Gasteiger charge is -2.31. The third-order valence-corrected chi connectivity index (χ3v) is 6.07. The van der Waals surface area contributed by atoms with Crippen LogP contribution in [0.25, 0.3) is 0 Å². The van der Waals surface area contributed by atoms with Gasteiger partial charge in [0.15, 0.2) is 0 Å². The van der Waals surface area contributed by atoms with Crippen LogP contribution in [0.2, 0.25) is 0 Å². The van der Waals surface area contributed by atoms with Crippen molar-refractivity contribution < 1.29 is 17.9 Å². The predicted octanol–water partition coefficient (Wildman–Crippen LogP) is 2.97. The smallest absolute Gasteiger partial charge is 0.262 e. The van der Waals surface area contributed by atoms with Gasteiger partial charge in [0.25, 0.3) is 15.9 Å². The molecule has 3 rings (SSSR count). The Morgan fingerprint density at radius 2 is 1.85 bits per heavy atom. The number of benzene rings is 2. The number of hydrogen-bond donors (Lipinski definition) is 1. The zero-order valence-electron chi connectivity index (χ0n) is 15.7. The van der Waals surface area contributed by atoms with Crippen molar-refractivity contribution >= 4 is 21.6 Å². The van der Waals surface area contributed by atoms with Crippen LogP contribution >= 0.6 is 0 Å². The summed E-state index contributed by atoms with van der Waals surface area (Å²) in [5, 5.41) is 0. The van der Waals surface area contributed by atoms with Crippen LogP contribution in [0.5, 0.6) is 0 Å². The number of aryl methyl sites for hydroxylation is 2. The lowest BCUT2D eigenvalue weighted by molar-refractivity contribution is -0.0124. The molecule has 0 spiro atoms. The molecule has 0 aliphatic carbocycles. The molecular formula is C20H24N2O4S. The number of nitrogens with zero attached hydrogens (tertiary/aromatic N) is 1. The van der Waals surface area contributed by atoms with E-state index in [9.17, 15) is 13.2 Å². The van der Waals surface area contributed by atoms with E-state index in [-0.39, 0.29) is 16.9 Å². The van der Waals surface area contributed by atoms with Gasteiger partial charge in [0, 0.05) is 24.3 Å². The molecule has 144 valence electrons. The zero-order valence-corrected chi connectivity index (χ0v) is 16.5. The van der Waals surface area contributed by atoms with Crippen LogP contribution in [0.3, 0.4) is 0 Å². The minimum Gasteiger partial charge on any atom is -0.375 e. The number of carbonyl (C=O) groups excluding carboxylic acids is 1. The summed E-state index contributed by atoms with van der Waals surface area (Å²) in [6.07, 6.45) is 0.0199. The molecule has 1 heterocycles. The third-order valence-electron chi connectivity index (χ3n) is 4.53. The van der Waals surface area contributed by atoms with Crippen LogP contribution in [0.4, 0.5) is 5.69 Å². The SMILES string of the molecule is Cc1ccc(S(=O)(=O)Nc2ccc(C(=O)N3CCOC(C)C3)cc2)c(C)c1. The molecule has 0 radical (unpaired) electrons. The average molecular weight is 388 g/mol. The second kappa shape index (κ2) is 7.70. The molecule has 1 aliphatic rings. The summed E-state index contributed by atoms with van der Waals surface area (Å²) in [4.78, 5) is 14.6. The largest absolute Gasteiger partial charge is 0.375 e. The highest BCUT2D eigenvalue weighted by atomic mass is 32.2. The van der Waals surface area contributed by atoms with E-state index >= 15 is 0 Å². The summed E-state index contributed by atoms with van der Waals surface area (Å²) in [5.74, 6) is -0.0751. The van der Waals surface area contributed by atoms with E-state index in [2.05, 4.69) is 4.72 Å². The first kappa shape index (κ1) is 19.4. The zero-order chi connectivity index (χ0) is 19.6. The number of sulfonamides is 1. The van der Waals surface area contributed by atoms with Gasteiger partial charge < -0.3 is 9.64 Å². The fourth-order valence-corrected chi connectivity index (χ4v) is 4.46. The second-order valence-electron chi connectivity index (χ2n) is 6.88. The maximum atomic E-state index is 12.6. The van der Waals surface area contributed by atoms with Crippen LogP contribution < -0.4 is 4.72 Å². The first-order valence-corrected chi connectivity index (χ1v) is 10.4. The number of morpholine rings is 1. The summed E-state index contributed by atoms with van der Waals surface area (Å²) < 4.78 is 33.3. The molecule has 1 atom stereocenters. The van der Waals surface area contributed by atoms with Gasteiger partial charge in [-0.05, 0) is 56.7 Å². The first-order valence-electron chi connectivity index (χ1n) is 8.87. The van der Waals surface area contributed by atoms with E-state index < -0.39 is 10.0 Å². The van der Waals surface area contributed by atoms with Crippen molar-refractivity contribution in [1.82, 2.24) is 4.90 Å². The maximum absolute atomic E-state index is 12.6. The van der Waals surface area contributed by atoms with Gasteiger partial charge in [-0.3, -0.25) is 9.52 Å². The molecule has 0 aromatic heterocycles. The van der Waals surface area contributed by atoms with Crippen LogP contribution in [-0.2, 0) is 14.8 Å². The molecule has 7 heteroatoms. The number of carbonyl (C=O) groups is 1. The molecule has 1 unspecified atom stereocenters. The molecular weight excluding hydrogens is 364 g/mol. The van der Waals surface area contributed by atoms with Gasteiger partial charge in [0.2, 0.25) is 0 Å². The molecule has 1 saturated heterocycles. The minimum atomic E-state index is -3.68. The van der Waals surface area contributed by atoms with Crippen molar-refractivity contribution in [2.45, 2.75) is 31.8 Å². The lowest BCUT2D eigenvalue weighted by atomic mass is 10.1. The van der Waals surface area contributed by atoms with E-state index in [1.807, 2.05) is 19.9 Å². The van der Waals surface area contributed by atoms with Gasteiger partial charge in [-0.25, -0.2) is 8.42 Å². The van der Waals surface area contributed by atoms with Crippen molar-refractivity contribution in [1.29, 1.82) is 0 Å². The maximum Gasteiger partial charge on any atom is 0.262 e. The quantitative estimate of drug-likeness (QED) is 0.874. The summed E-state index contributed by atoms with van der Waals surface area (Å²) in [6.45, 7) is 7.27.